The summed E-state index contributed by atoms with van der Waals surface area (Å²) in [5.41, 5.74) is 3.90. The minimum Gasteiger partial charge on any atom is -0.447 e. The van der Waals surface area contributed by atoms with Crippen LogP contribution in [-0.4, -0.2) is 46.6 Å². The largest absolute Gasteiger partial charge is 0.447 e. The molecule has 7 nitrogen and oxygen atoms in total. The zero-order valence-electron chi connectivity index (χ0n) is 25.0. The van der Waals surface area contributed by atoms with Crippen molar-refractivity contribution in [2.75, 3.05) is 6.61 Å². The standard InChI is InChI=1S/C37H38N2O5/c1-28(35(40)39-34(27-44-37(39)42)24-30-16-8-3-9-17-30)22-33(23-29-14-6-2-7-15-29)38(25-31-18-10-4-11-19-31)36(41)43-26-32-20-12-5-13-21-32/h2-21,28,33-34H,22-27H2,1H3/t28-,33+,34-/m0/s1. The van der Waals surface area contributed by atoms with Crippen LogP contribution in [0.1, 0.15) is 35.6 Å². The SMILES string of the molecule is C[C@@H](C[C@H](Cc1ccccc1)N(Cc1ccccc1)C(=O)OCc1ccccc1)C(=O)N1C(=O)OC[C@@H]1Cc1ccccc1. The van der Waals surface area contributed by atoms with Gasteiger partial charge in [0.25, 0.3) is 0 Å². The Morgan fingerprint density at radius 1 is 0.795 bits per heavy atom. The highest BCUT2D eigenvalue weighted by molar-refractivity contribution is 5.94. The molecule has 1 heterocycles. The van der Waals surface area contributed by atoms with E-state index in [1.54, 1.807) is 4.90 Å². The maximum Gasteiger partial charge on any atom is 0.416 e. The molecule has 226 valence electrons. The van der Waals surface area contributed by atoms with Crippen LogP contribution in [0.25, 0.3) is 0 Å². The average Bonchev–Trinajstić information content (AvgIpc) is 3.42. The fourth-order valence-electron chi connectivity index (χ4n) is 5.65. The second kappa shape index (κ2) is 15.0. The number of benzene rings is 4. The summed E-state index contributed by atoms with van der Waals surface area (Å²) in [5, 5.41) is 0. The molecule has 0 unspecified atom stereocenters. The second-order valence-corrected chi connectivity index (χ2v) is 11.3. The molecule has 1 aliphatic heterocycles. The van der Waals surface area contributed by atoms with Gasteiger partial charge in [-0.2, -0.15) is 0 Å². The lowest BCUT2D eigenvalue weighted by atomic mass is 9.93. The van der Waals surface area contributed by atoms with Crippen molar-refractivity contribution in [2.24, 2.45) is 5.92 Å². The first-order chi connectivity index (χ1) is 21.5. The van der Waals surface area contributed by atoms with Crippen molar-refractivity contribution in [3.05, 3.63) is 144 Å². The Labute approximate surface area is 259 Å². The number of amides is 3. The molecule has 3 amide bonds. The van der Waals surface area contributed by atoms with Crippen molar-refractivity contribution in [3.63, 3.8) is 0 Å². The molecule has 1 saturated heterocycles. The number of carbonyl (C=O) groups excluding carboxylic acids is 3. The van der Waals surface area contributed by atoms with E-state index in [1.807, 2.05) is 128 Å². The van der Waals surface area contributed by atoms with Crippen molar-refractivity contribution >= 4 is 18.1 Å². The Morgan fingerprint density at radius 2 is 1.32 bits per heavy atom. The smallest absolute Gasteiger partial charge is 0.416 e. The third-order valence-corrected chi connectivity index (χ3v) is 7.95. The van der Waals surface area contributed by atoms with Gasteiger partial charge in [-0.1, -0.05) is 128 Å². The van der Waals surface area contributed by atoms with Crippen LogP contribution in [0.4, 0.5) is 9.59 Å². The zero-order chi connectivity index (χ0) is 30.7. The Morgan fingerprint density at radius 3 is 1.91 bits per heavy atom. The van der Waals surface area contributed by atoms with Gasteiger partial charge in [0.15, 0.2) is 0 Å². The van der Waals surface area contributed by atoms with Gasteiger partial charge in [0.2, 0.25) is 5.91 Å². The molecule has 0 aromatic heterocycles. The number of ether oxygens (including phenoxy) is 2. The van der Waals surface area contributed by atoms with Gasteiger partial charge >= 0.3 is 12.2 Å². The van der Waals surface area contributed by atoms with Crippen LogP contribution in [0, 0.1) is 5.92 Å². The van der Waals surface area contributed by atoms with Gasteiger partial charge in [0.05, 0.1) is 6.04 Å². The molecule has 0 N–H and O–H groups in total. The van der Waals surface area contributed by atoms with Crippen LogP contribution in [0.3, 0.4) is 0 Å². The molecule has 5 rings (SSSR count). The van der Waals surface area contributed by atoms with Crippen LogP contribution >= 0.6 is 0 Å². The lowest BCUT2D eigenvalue weighted by molar-refractivity contribution is -0.133. The van der Waals surface area contributed by atoms with Crippen molar-refractivity contribution in [1.82, 2.24) is 9.80 Å². The summed E-state index contributed by atoms with van der Waals surface area (Å²) in [7, 11) is 0. The molecule has 0 radical (unpaired) electrons. The molecule has 0 aliphatic carbocycles. The molecule has 1 aliphatic rings. The van der Waals surface area contributed by atoms with E-state index < -0.39 is 18.1 Å². The van der Waals surface area contributed by atoms with Crippen LogP contribution in [0.2, 0.25) is 0 Å². The van der Waals surface area contributed by atoms with E-state index in [0.717, 1.165) is 22.3 Å². The minimum atomic E-state index is -0.620. The van der Waals surface area contributed by atoms with Gasteiger partial charge in [-0.05, 0) is 41.5 Å². The molecule has 0 saturated carbocycles. The molecule has 4 aromatic rings. The minimum absolute atomic E-state index is 0.137. The summed E-state index contributed by atoms with van der Waals surface area (Å²) in [6, 6.07) is 38.2. The average molecular weight is 591 g/mol. The van der Waals surface area contributed by atoms with Crippen molar-refractivity contribution in [1.29, 1.82) is 0 Å². The third kappa shape index (κ3) is 8.13. The van der Waals surface area contributed by atoms with Gasteiger partial charge < -0.3 is 14.4 Å². The van der Waals surface area contributed by atoms with E-state index in [0.29, 0.717) is 25.8 Å². The van der Waals surface area contributed by atoms with Crippen molar-refractivity contribution in [3.8, 4) is 0 Å². The summed E-state index contributed by atoms with van der Waals surface area (Å²) < 4.78 is 11.2. The molecular weight excluding hydrogens is 552 g/mol. The molecular formula is C37H38N2O5. The molecule has 3 atom stereocenters. The van der Waals surface area contributed by atoms with E-state index >= 15 is 0 Å². The quantitative estimate of drug-likeness (QED) is 0.177. The number of rotatable bonds is 12. The van der Waals surface area contributed by atoms with Gasteiger partial charge in [0, 0.05) is 18.5 Å². The summed E-state index contributed by atoms with van der Waals surface area (Å²) in [6.07, 6.45) is 0.295. The number of nitrogens with zero attached hydrogens (tertiary/aromatic N) is 2. The summed E-state index contributed by atoms with van der Waals surface area (Å²) in [6.45, 7) is 2.43. The number of imide groups is 1. The first-order valence-electron chi connectivity index (χ1n) is 15.1. The highest BCUT2D eigenvalue weighted by Crippen LogP contribution is 2.26. The monoisotopic (exact) mass is 590 g/mol. The predicted molar refractivity (Wildman–Crippen MR) is 168 cm³/mol. The number of carbonyl (C=O) groups is 3. The van der Waals surface area contributed by atoms with E-state index in [4.69, 9.17) is 9.47 Å². The van der Waals surface area contributed by atoms with E-state index in [-0.39, 0.29) is 31.2 Å². The molecule has 1 fully saturated rings. The highest BCUT2D eigenvalue weighted by Gasteiger charge is 2.41. The summed E-state index contributed by atoms with van der Waals surface area (Å²) in [4.78, 5) is 43.5. The topological polar surface area (TPSA) is 76.2 Å². The molecule has 7 heteroatoms. The van der Waals surface area contributed by atoms with Crippen LogP contribution in [-0.2, 0) is 40.3 Å². The number of hydrogen-bond donors (Lipinski definition) is 0. The fraction of sp³-hybridized carbons (Fsp3) is 0.270. The van der Waals surface area contributed by atoms with E-state index in [1.165, 1.54) is 4.90 Å². The molecule has 4 aromatic carbocycles. The lowest BCUT2D eigenvalue weighted by Crippen LogP contribution is -2.47. The lowest BCUT2D eigenvalue weighted by Gasteiger charge is -2.34. The van der Waals surface area contributed by atoms with Crippen LogP contribution in [0.5, 0.6) is 0 Å². The third-order valence-electron chi connectivity index (χ3n) is 7.95. The predicted octanol–water partition coefficient (Wildman–Crippen LogP) is 7.05. The maximum atomic E-state index is 13.9. The Balaban J connectivity index is 1.39. The van der Waals surface area contributed by atoms with E-state index in [9.17, 15) is 14.4 Å². The molecule has 0 bridgehead atoms. The van der Waals surface area contributed by atoms with Gasteiger partial charge in [-0.25, -0.2) is 14.5 Å². The summed E-state index contributed by atoms with van der Waals surface area (Å²) in [5.74, 6) is -0.864. The molecule has 44 heavy (non-hydrogen) atoms. The van der Waals surface area contributed by atoms with Crippen LogP contribution < -0.4 is 0 Å². The van der Waals surface area contributed by atoms with Gasteiger partial charge in [-0.3, -0.25) is 4.79 Å². The zero-order valence-corrected chi connectivity index (χ0v) is 25.0. The highest BCUT2D eigenvalue weighted by atomic mass is 16.6. The Kier molecular flexibility index (Phi) is 10.4. The van der Waals surface area contributed by atoms with Gasteiger partial charge in [-0.15, -0.1) is 0 Å². The van der Waals surface area contributed by atoms with E-state index in [2.05, 4.69) is 0 Å². The van der Waals surface area contributed by atoms with Crippen molar-refractivity contribution in [2.45, 2.75) is 51.4 Å². The first kappa shape index (κ1) is 30.5. The number of cyclic esters (lactones) is 1. The Bertz CT molecular complexity index is 1500. The fourth-order valence-corrected chi connectivity index (χ4v) is 5.65. The molecule has 0 spiro atoms. The number of hydrogen-bond acceptors (Lipinski definition) is 5. The normalized spacial score (nSPS) is 15.7. The second-order valence-electron chi connectivity index (χ2n) is 11.3. The summed E-state index contributed by atoms with van der Waals surface area (Å²) >= 11 is 0. The van der Waals surface area contributed by atoms with Crippen molar-refractivity contribution < 1.29 is 23.9 Å². The van der Waals surface area contributed by atoms with Gasteiger partial charge in [0.1, 0.15) is 13.2 Å². The van der Waals surface area contributed by atoms with Crippen LogP contribution in [0.15, 0.2) is 121 Å². The maximum absolute atomic E-state index is 13.9. The first-order valence-corrected chi connectivity index (χ1v) is 15.1. The Hall–Kier alpha value is -4.91.